The Morgan fingerprint density at radius 2 is 1.92 bits per heavy atom. The summed E-state index contributed by atoms with van der Waals surface area (Å²) in [6.07, 6.45) is 0. The molecular weight excluding hydrogens is 320 g/mol. The normalized spacial score (nSPS) is 12.4. The van der Waals surface area contributed by atoms with Crippen LogP contribution in [0.3, 0.4) is 0 Å². The Kier molecular flexibility index (Phi) is 6.52. The molecule has 0 fully saturated rings. The molecule has 0 saturated heterocycles. The first-order valence-electron chi connectivity index (χ1n) is 8.33. The molecule has 5 heteroatoms. The van der Waals surface area contributed by atoms with Crippen LogP contribution in [0.2, 0.25) is 0 Å². The van der Waals surface area contributed by atoms with Crippen molar-refractivity contribution in [2.24, 2.45) is 5.92 Å². The van der Waals surface area contributed by atoms with Gasteiger partial charge in [0, 0.05) is 25.6 Å². The summed E-state index contributed by atoms with van der Waals surface area (Å²) in [4.78, 5) is 20.1. The van der Waals surface area contributed by atoms with Crippen LogP contribution in [0, 0.1) is 12.8 Å². The van der Waals surface area contributed by atoms with Crippen molar-refractivity contribution in [3.8, 4) is 0 Å². The standard InChI is InChI=1S/C19H26N2O2S/c1-13(2)18-20-15(4)17(24-18)19(23)21(10-14(3)12-22)11-16-8-6-5-7-9-16/h5-9,13-14,22H,10-12H2,1-4H3/t14-/m1/s1. The van der Waals surface area contributed by atoms with Crippen molar-refractivity contribution in [2.45, 2.75) is 40.2 Å². The van der Waals surface area contributed by atoms with Crippen molar-refractivity contribution in [2.75, 3.05) is 13.2 Å². The quantitative estimate of drug-likeness (QED) is 0.828. The van der Waals surface area contributed by atoms with Gasteiger partial charge < -0.3 is 10.0 Å². The minimum absolute atomic E-state index is 0.000975. The largest absolute Gasteiger partial charge is 0.396 e. The molecule has 1 aromatic carbocycles. The number of benzene rings is 1. The summed E-state index contributed by atoms with van der Waals surface area (Å²) in [7, 11) is 0. The molecule has 1 atom stereocenters. The number of carbonyl (C=O) groups excluding carboxylic acids is 1. The predicted octanol–water partition coefficient (Wildman–Crippen LogP) is 3.85. The van der Waals surface area contributed by atoms with Crippen LogP contribution < -0.4 is 0 Å². The van der Waals surface area contributed by atoms with Crippen LogP contribution in [0.15, 0.2) is 30.3 Å². The SMILES string of the molecule is Cc1nc(C(C)C)sc1C(=O)N(Cc1ccccc1)C[C@@H](C)CO. The fourth-order valence-electron chi connectivity index (χ4n) is 2.46. The maximum atomic E-state index is 13.1. The van der Waals surface area contributed by atoms with Gasteiger partial charge in [-0.3, -0.25) is 4.79 Å². The molecule has 0 aliphatic heterocycles. The van der Waals surface area contributed by atoms with Crippen molar-refractivity contribution in [3.63, 3.8) is 0 Å². The topological polar surface area (TPSA) is 53.4 Å². The van der Waals surface area contributed by atoms with E-state index >= 15 is 0 Å². The van der Waals surface area contributed by atoms with E-state index in [1.165, 1.54) is 11.3 Å². The molecular formula is C19H26N2O2S. The number of thiazole rings is 1. The molecule has 0 bridgehead atoms. The van der Waals surface area contributed by atoms with E-state index in [-0.39, 0.29) is 18.4 Å². The zero-order valence-electron chi connectivity index (χ0n) is 14.8. The van der Waals surface area contributed by atoms with Crippen LogP contribution >= 0.6 is 11.3 Å². The van der Waals surface area contributed by atoms with Crippen LogP contribution in [0.5, 0.6) is 0 Å². The van der Waals surface area contributed by atoms with E-state index in [1.807, 2.05) is 49.1 Å². The van der Waals surface area contributed by atoms with E-state index in [2.05, 4.69) is 18.8 Å². The Bertz CT molecular complexity index is 667. The molecule has 24 heavy (non-hydrogen) atoms. The average molecular weight is 346 g/mol. The summed E-state index contributed by atoms with van der Waals surface area (Å²) in [6.45, 7) is 9.15. The molecule has 4 nitrogen and oxygen atoms in total. The van der Waals surface area contributed by atoms with Gasteiger partial charge in [-0.25, -0.2) is 4.98 Å². The minimum atomic E-state index is 0.000975. The summed E-state index contributed by atoms with van der Waals surface area (Å²) in [6, 6.07) is 9.95. The van der Waals surface area contributed by atoms with E-state index < -0.39 is 0 Å². The van der Waals surface area contributed by atoms with Crippen LogP contribution in [-0.4, -0.2) is 34.0 Å². The highest BCUT2D eigenvalue weighted by molar-refractivity contribution is 7.13. The fraction of sp³-hybridized carbons (Fsp3) is 0.474. The zero-order valence-corrected chi connectivity index (χ0v) is 15.6. The number of rotatable bonds is 7. The molecule has 1 N–H and O–H groups in total. The van der Waals surface area contributed by atoms with E-state index in [9.17, 15) is 9.90 Å². The van der Waals surface area contributed by atoms with Crippen LogP contribution in [0.4, 0.5) is 0 Å². The number of aryl methyl sites for hydroxylation is 1. The molecule has 0 spiro atoms. The second-order valence-electron chi connectivity index (χ2n) is 6.58. The molecule has 0 aliphatic carbocycles. The molecule has 2 aromatic rings. The summed E-state index contributed by atoms with van der Waals surface area (Å²) in [5.74, 6) is 0.353. The highest BCUT2D eigenvalue weighted by Crippen LogP contribution is 2.26. The predicted molar refractivity (Wildman–Crippen MR) is 98.4 cm³/mol. The summed E-state index contributed by atoms with van der Waals surface area (Å²) < 4.78 is 0. The van der Waals surface area contributed by atoms with Gasteiger partial charge in [0.15, 0.2) is 0 Å². The van der Waals surface area contributed by atoms with Crippen molar-refractivity contribution in [1.82, 2.24) is 9.88 Å². The first kappa shape index (κ1) is 18.6. The number of hydrogen-bond acceptors (Lipinski definition) is 4. The van der Waals surface area contributed by atoms with E-state index in [0.29, 0.717) is 23.9 Å². The molecule has 1 heterocycles. The van der Waals surface area contributed by atoms with Gasteiger partial charge in [0.25, 0.3) is 5.91 Å². The number of nitrogens with zero attached hydrogens (tertiary/aromatic N) is 2. The number of amides is 1. The number of hydrogen-bond donors (Lipinski definition) is 1. The van der Waals surface area contributed by atoms with Gasteiger partial charge in [0.2, 0.25) is 0 Å². The Hall–Kier alpha value is -1.72. The third-order valence-electron chi connectivity index (χ3n) is 3.85. The first-order chi connectivity index (χ1) is 11.4. The highest BCUT2D eigenvalue weighted by Gasteiger charge is 2.23. The van der Waals surface area contributed by atoms with Crippen molar-refractivity contribution >= 4 is 17.2 Å². The Morgan fingerprint density at radius 1 is 1.25 bits per heavy atom. The third kappa shape index (κ3) is 4.65. The van der Waals surface area contributed by atoms with Gasteiger partial charge in [0.1, 0.15) is 4.88 Å². The molecule has 1 aromatic heterocycles. The summed E-state index contributed by atoms with van der Waals surface area (Å²) in [5.41, 5.74) is 1.88. The molecule has 0 aliphatic rings. The Labute approximate surface area is 148 Å². The van der Waals surface area contributed by atoms with Gasteiger partial charge in [-0.2, -0.15) is 0 Å². The summed E-state index contributed by atoms with van der Waals surface area (Å²) in [5, 5.41) is 10.4. The smallest absolute Gasteiger partial charge is 0.266 e. The van der Waals surface area contributed by atoms with Crippen molar-refractivity contribution in [1.29, 1.82) is 0 Å². The number of aliphatic hydroxyl groups is 1. The van der Waals surface area contributed by atoms with Gasteiger partial charge in [-0.05, 0) is 18.4 Å². The average Bonchev–Trinajstić information content (AvgIpc) is 2.96. The number of carbonyl (C=O) groups is 1. The Balaban J connectivity index is 2.26. The zero-order chi connectivity index (χ0) is 17.7. The van der Waals surface area contributed by atoms with Crippen molar-refractivity contribution < 1.29 is 9.90 Å². The molecule has 1 amide bonds. The molecule has 0 unspecified atom stereocenters. The van der Waals surface area contributed by atoms with Gasteiger partial charge in [-0.15, -0.1) is 11.3 Å². The lowest BCUT2D eigenvalue weighted by Crippen LogP contribution is -2.35. The lowest BCUT2D eigenvalue weighted by molar-refractivity contribution is 0.0698. The van der Waals surface area contributed by atoms with Crippen LogP contribution in [0.1, 0.15) is 52.6 Å². The highest BCUT2D eigenvalue weighted by atomic mass is 32.1. The van der Waals surface area contributed by atoms with Gasteiger partial charge in [-0.1, -0.05) is 51.1 Å². The van der Waals surface area contributed by atoms with E-state index in [0.717, 1.165) is 16.3 Å². The maximum Gasteiger partial charge on any atom is 0.266 e. The Morgan fingerprint density at radius 3 is 2.46 bits per heavy atom. The third-order valence-corrected chi connectivity index (χ3v) is 5.29. The van der Waals surface area contributed by atoms with Crippen LogP contribution in [0.25, 0.3) is 0 Å². The molecule has 0 radical (unpaired) electrons. The van der Waals surface area contributed by atoms with E-state index in [1.54, 1.807) is 0 Å². The van der Waals surface area contributed by atoms with Crippen molar-refractivity contribution in [3.05, 3.63) is 51.5 Å². The minimum Gasteiger partial charge on any atom is -0.396 e. The summed E-state index contributed by atoms with van der Waals surface area (Å²) >= 11 is 1.48. The maximum absolute atomic E-state index is 13.1. The van der Waals surface area contributed by atoms with Crippen LogP contribution in [-0.2, 0) is 6.54 Å². The van der Waals surface area contributed by atoms with E-state index in [4.69, 9.17) is 0 Å². The molecule has 2 rings (SSSR count). The number of aromatic nitrogens is 1. The lowest BCUT2D eigenvalue weighted by atomic mass is 10.1. The lowest BCUT2D eigenvalue weighted by Gasteiger charge is -2.25. The second kappa shape index (κ2) is 8.40. The first-order valence-corrected chi connectivity index (χ1v) is 9.15. The molecule has 130 valence electrons. The number of aliphatic hydroxyl groups excluding tert-OH is 1. The molecule has 0 saturated carbocycles. The van der Waals surface area contributed by atoms with Gasteiger partial charge >= 0.3 is 0 Å². The fourth-order valence-corrected chi connectivity index (χ4v) is 3.50. The second-order valence-corrected chi connectivity index (χ2v) is 7.61. The van der Waals surface area contributed by atoms with Gasteiger partial charge in [0.05, 0.1) is 10.7 Å². The monoisotopic (exact) mass is 346 g/mol.